The van der Waals surface area contributed by atoms with E-state index in [-0.39, 0.29) is 0 Å². The van der Waals surface area contributed by atoms with Crippen LogP contribution in [0.3, 0.4) is 0 Å². The van der Waals surface area contributed by atoms with Crippen molar-refractivity contribution in [1.29, 1.82) is 0 Å². The summed E-state index contributed by atoms with van der Waals surface area (Å²) in [7, 11) is 1.68. The molecule has 0 fully saturated rings. The Balaban J connectivity index is 2.69. The molecule has 0 spiro atoms. The average Bonchev–Trinajstić information content (AvgIpc) is 2.03. The standard InChI is InChI=1S/C7H16O3S/c1-8-3-2-4-9-7-10-5-6-11/h11H,2-7H2,1H3. The van der Waals surface area contributed by atoms with Crippen molar-refractivity contribution in [2.45, 2.75) is 6.42 Å². The Hall–Kier alpha value is 0.230. The summed E-state index contributed by atoms with van der Waals surface area (Å²) in [6.45, 7) is 2.45. The van der Waals surface area contributed by atoms with Gasteiger partial charge in [0.15, 0.2) is 0 Å². The maximum Gasteiger partial charge on any atom is 0.146 e. The molecule has 0 aromatic rings. The van der Waals surface area contributed by atoms with Crippen LogP contribution in [0.25, 0.3) is 0 Å². The van der Waals surface area contributed by atoms with Crippen molar-refractivity contribution in [3.05, 3.63) is 0 Å². The summed E-state index contributed by atoms with van der Waals surface area (Å²) >= 11 is 3.98. The molecule has 0 atom stereocenters. The van der Waals surface area contributed by atoms with Gasteiger partial charge in [-0.05, 0) is 6.42 Å². The third-order valence-electron chi connectivity index (χ3n) is 1.04. The summed E-state index contributed by atoms with van der Waals surface area (Å²) in [6, 6.07) is 0. The van der Waals surface area contributed by atoms with Gasteiger partial charge in [-0.3, -0.25) is 0 Å². The zero-order valence-corrected chi connectivity index (χ0v) is 7.81. The lowest BCUT2D eigenvalue weighted by Gasteiger charge is -2.03. The van der Waals surface area contributed by atoms with Crippen molar-refractivity contribution >= 4 is 12.6 Å². The molecule has 0 N–H and O–H groups in total. The normalized spacial score (nSPS) is 10.4. The highest BCUT2D eigenvalue weighted by molar-refractivity contribution is 7.80. The van der Waals surface area contributed by atoms with Crippen molar-refractivity contribution in [3.8, 4) is 0 Å². The first kappa shape index (κ1) is 11.2. The van der Waals surface area contributed by atoms with Crippen molar-refractivity contribution in [3.63, 3.8) is 0 Å². The largest absolute Gasteiger partial charge is 0.385 e. The van der Waals surface area contributed by atoms with E-state index >= 15 is 0 Å². The van der Waals surface area contributed by atoms with Gasteiger partial charge in [-0.2, -0.15) is 12.6 Å². The van der Waals surface area contributed by atoms with Crippen LogP contribution in [0.2, 0.25) is 0 Å². The topological polar surface area (TPSA) is 27.7 Å². The maximum atomic E-state index is 5.10. The van der Waals surface area contributed by atoms with Crippen LogP contribution in [-0.4, -0.2) is 39.5 Å². The highest BCUT2D eigenvalue weighted by Crippen LogP contribution is 1.85. The second-order valence-electron chi connectivity index (χ2n) is 2.00. The summed E-state index contributed by atoms with van der Waals surface area (Å²) in [6.07, 6.45) is 0.917. The molecular formula is C7H16O3S. The summed E-state index contributed by atoms with van der Waals surface area (Å²) < 4.78 is 15.0. The molecule has 0 rings (SSSR count). The second kappa shape index (κ2) is 10.2. The molecular weight excluding hydrogens is 164 g/mol. The third kappa shape index (κ3) is 10.2. The van der Waals surface area contributed by atoms with Gasteiger partial charge in [0.1, 0.15) is 6.79 Å². The van der Waals surface area contributed by atoms with Crippen LogP contribution >= 0.6 is 12.6 Å². The number of hydrogen-bond acceptors (Lipinski definition) is 4. The molecule has 0 unspecified atom stereocenters. The van der Waals surface area contributed by atoms with E-state index in [9.17, 15) is 0 Å². The molecule has 68 valence electrons. The molecule has 0 radical (unpaired) electrons. The fourth-order valence-electron chi connectivity index (χ4n) is 0.547. The van der Waals surface area contributed by atoms with Gasteiger partial charge in [-0.15, -0.1) is 0 Å². The molecule has 0 aromatic heterocycles. The van der Waals surface area contributed by atoms with Gasteiger partial charge in [-0.25, -0.2) is 0 Å². The Labute approximate surface area is 73.4 Å². The average molecular weight is 180 g/mol. The molecule has 0 bridgehead atoms. The van der Waals surface area contributed by atoms with E-state index in [0.717, 1.165) is 18.8 Å². The van der Waals surface area contributed by atoms with E-state index in [2.05, 4.69) is 12.6 Å². The predicted octanol–water partition coefficient (Wildman–Crippen LogP) is 0.943. The van der Waals surface area contributed by atoms with Crippen molar-refractivity contribution in [2.75, 3.05) is 39.5 Å². The monoisotopic (exact) mass is 180 g/mol. The minimum atomic E-state index is 0.365. The number of ether oxygens (including phenoxy) is 3. The highest BCUT2D eigenvalue weighted by Gasteiger charge is 1.87. The van der Waals surface area contributed by atoms with Gasteiger partial charge in [0.05, 0.1) is 13.2 Å². The number of methoxy groups -OCH3 is 1. The van der Waals surface area contributed by atoms with Gasteiger partial charge < -0.3 is 14.2 Å². The number of hydrogen-bond donors (Lipinski definition) is 1. The molecule has 0 saturated carbocycles. The minimum absolute atomic E-state index is 0.365. The zero-order chi connectivity index (χ0) is 8.36. The summed E-state index contributed by atoms with van der Waals surface area (Å²) in [5, 5.41) is 0. The first-order valence-corrected chi connectivity index (χ1v) is 4.30. The van der Waals surface area contributed by atoms with Crippen LogP contribution in [0.5, 0.6) is 0 Å². The quantitative estimate of drug-likeness (QED) is 0.342. The lowest BCUT2D eigenvalue weighted by molar-refractivity contribution is -0.0521. The van der Waals surface area contributed by atoms with Crippen LogP contribution in [0, 0.1) is 0 Å². The molecule has 0 aliphatic heterocycles. The first-order valence-electron chi connectivity index (χ1n) is 3.67. The molecule has 0 aliphatic rings. The molecule has 0 heterocycles. The van der Waals surface area contributed by atoms with Crippen LogP contribution < -0.4 is 0 Å². The summed E-state index contributed by atoms with van der Waals surface area (Å²) in [4.78, 5) is 0. The van der Waals surface area contributed by atoms with Crippen LogP contribution in [0.4, 0.5) is 0 Å². The number of thiol groups is 1. The van der Waals surface area contributed by atoms with Gasteiger partial charge in [0.25, 0.3) is 0 Å². The molecule has 0 aliphatic carbocycles. The summed E-state index contributed by atoms with van der Waals surface area (Å²) in [5.41, 5.74) is 0. The van der Waals surface area contributed by atoms with E-state index in [4.69, 9.17) is 14.2 Å². The third-order valence-corrected chi connectivity index (χ3v) is 1.22. The smallest absolute Gasteiger partial charge is 0.146 e. The van der Waals surface area contributed by atoms with Crippen molar-refractivity contribution in [2.24, 2.45) is 0 Å². The summed E-state index contributed by atoms with van der Waals surface area (Å²) in [5.74, 6) is 0.738. The Morgan fingerprint density at radius 3 is 2.45 bits per heavy atom. The fraction of sp³-hybridized carbons (Fsp3) is 1.00. The highest BCUT2D eigenvalue weighted by atomic mass is 32.1. The van der Waals surface area contributed by atoms with E-state index in [1.165, 1.54) is 0 Å². The predicted molar refractivity (Wildman–Crippen MR) is 47.1 cm³/mol. The van der Waals surface area contributed by atoms with Gasteiger partial charge >= 0.3 is 0 Å². The van der Waals surface area contributed by atoms with Crippen molar-refractivity contribution in [1.82, 2.24) is 0 Å². The first-order chi connectivity index (χ1) is 5.41. The van der Waals surface area contributed by atoms with Crippen LogP contribution in [0.15, 0.2) is 0 Å². The lowest BCUT2D eigenvalue weighted by Crippen LogP contribution is -2.05. The van der Waals surface area contributed by atoms with Crippen molar-refractivity contribution < 1.29 is 14.2 Å². The number of rotatable bonds is 8. The molecule has 3 nitrogen and oxygen atoms in total. The van der Waals surface area contributed by atoms with Gasteiger partial charge in [-0.1, -0.05) is 0 Å². The fourth-order valence-corrected chi connectivity index (χ4v) is 0.676. The molecule has 0 saturated heterocycles. The Morgan fingerprint density at radius 2 is 1.82 bits per heavy atom. The van der Waals surface area contributed by atoms with Crippen LogP contribution in [0.1, 0.15) is 6.42 Å². The SMILES string of the molecule is COCCCOCOCCS. The Morgan fingerprint density at radius 1 is 1.09 bits per heavy atom. The van der Waals surface area contributed by atoms with Gasteiger partial charge in [0, 0.05) is 19.5 Å². The molecule has 0 aromatic carbocycles. The van der Waals surface area contributed by atoms with E-state index < -0.39 is 0 Å². The van der Waals surface area contributed by atoms with E-state index in [0.29, 0.717) is 20.0 Å². The molecule has 0 amide bonds. The van der Waals surface area contributed by atoms with Crippen LogP contribution in [-0.2, 0) is 14.2 Å². The Bertz CT molecular complexity index is 62.7. The van der Waals surface area contributed by atoms with E-state index in [1.54, 1.807) is 7.11 Å². The van der Waals surface area contributed by atoms with E-state index in [1.807, 2.05) is 0 Å². The van der Waals surface area contributed by atoms with Gasteiger partial charge in [0.2, 0.25) is 0 Å². The Kier molecular flexibility index (Phi) is 10.4. The second-order valence-corrected chi connectivity index (χ2v) is 2.45. The lowest BCUT2D eigenvalue weighted by atomic mass is 10.5. The molecule has 11 heavy (non-hydrogen) atoms. The minimum Gasteiger partial charge on any atom is -0.385 e. The molecule has 4 heteroatoms. The maximum absolute atomic E-state index is 5.10. The zero-order valence-electron chi connectivity index (χ0n) is 6.91.